The molecule has 3 aromatic rings. The Hall–Kier alpha value is -1.87. The van der Waals surface area contributed by atoms with Crippen LogP contribution >= 0.6 is 15.9 Å². The molecule has 0 radical (unpaired) electrons. The largest absolute Gasteiger partial charge is 0.348 e. The van der Waals surface area contributed by atoms with E-state index in [4.69, 9.17) is 0 Å². The highest BCUT2D eigenvalue weighted by atomic mass is 79.9. The third kappa shape index (κ3) is 2.79. The molecule has 3 heteroatoms. The van der Waals surface area contributed by atoms with E-state index in [1.165, 1.54) is 22.3 Å². The predicted octanol–water partition coefficient (Wildman–Crippen LogP) is 4.97. The molecule has 0 fully saturated rings. The Bertz CT molecular complexity index is 748. The summed E-state index contributed by atoms with van der Waals surface area (Å²) in [6.07, 6.45) is 3.65. The van der Waals surface area contributed by atoms with Crippen molar-refractivity contribution in [3.63, 3.8) is 0 Å². The van der Waals surface area contributed by atoms with E-state index in [2.05, 4.69) is 82.2 Å². The van der Waals surface area contributed by atoms with Gasteiger partial charge in [0.15, 0.2) is 0 Å². The molecule has 1 N–H and O–H groups in total. The third-order valence-electron chi connectivity index (χ3n) is 3.97. The van der Waals surface area contributed by atoms with E-state index < -0.39 is 0 Å². The second-order valence-electron chi connectivity index (χ2n) is 5.28. The smallest absolute Gasteiger partial charge is 0.0922 e. The van der Waals surface area contributed by atoms with Crippen LogP contribution in [-0.4, -0.2) is 9.97 Å². The molecule has 3 rings (SSSR count). The number of H-pyrrole nitrogens is 1. The maximum absolute atomic E-state index is 4.20. The Balaban J connectivity index is 2.20. The fourth-order valence-corrected chi connectivity index (χ4v) is 3.14. The molecule has 0 aliphatic heterocycles. The fourth-order valence-electron chi connectivity index (χ4n) is 2.72. The summed E-state index contributed by atoms with van der Waals surface area (Å²) in [5.41, 5.74) is 6.32. The topological polar surface area (TPSA) is 28.7 Å². The lowest BCUT2D eigenvalue weighted by Crippen LogP contribution is -2.06. The van der Waals surface area contributed by atoms with Crippen molar-refractivity contribution in [2.24, 2.45) is 0 Å². The first-order chi connectivity index (χ1) is 10.2. The summed E-state index contributed by atoms with van der Waals surface area (Å²) >= 11 is 3.57. The Morgan fingerprint density at radius 3 is 2.62 bits per heavy atom. The van der Waals surface area contributed by atoms with Crippen molar-refractivity contribution in [2.75, 3.05) is 0 Å². The second kappa shape index (κ2) is 5.86. The lowest BCUT2D eigenvalue weighted by Gasteiger charge is -2.20. The number of aromatic nitrogens is 2. The number of imidazole rings is 1. The number of benzene rings is 2. The van der Waals surface area contributed by atoms with Gasteiger partial charge in [0.25, 0.3) is 0 Å². The van der Waals surface area contributed by atoms with Gasteiger partial charge < -0.3 is 4.98 Å². The average Bonchev–Trinajstić information content (AvgIpc) is 2.98. The Morgan fingerprint density at radius 1 is 1.10 bits per heavy atom. The van der Waals surface area contributed by atoms with Crippen LogP contribution in [0, 0.1) is 13.8 Å². The molecule has 2 nitrogen and oxygen atoms in total. The minimum Gasteiger partial charge on any atom is -0.348 e. The van der Waals surface area contributed by atoms with Crippen LogP contribution in [0.3, 0.4) is 0 Å². The SMILES string of the molecule is Cc1cccc(C(c2cccc(Br)c2)c2cnc[nH]2)c1C. The summed E-state index contributed by atoms with van der Waals surface area (Å²) in [5.74, 6) is 0.171. The van der Waals surface area contributed by atoms with E-state index in [1.807, 2.05) is 6.20 Å². The first kappa shape index (κ1) is 14.1. The number of nitrogens with zero attached hydrogens (tertiary/aromatic N) is 1. The van der Waals surface area contributed by atoms with Crippen molar-refractivity contribution in [1.29, 1.82) is 0 Å². The first-order valence-electron chi connectivity index (χ1n) is 6.96. The first-order valence-corrected chi connectivity index (χ1v) is 7.76. The zero-order valence-corrected chi connectivity index (χ0v) is 13.7. The summed E-state index contributed by atoms with van der Waals surface area (Å²) < 4.78 is 1.09. The van der Waals surface area contributed by atoms with E-state index >= 15 is 0 Å². The summed E-state index contributed by atoms with van der Waals surface area (Å²) in [4.78, 5) is 7.48. The summed E-state index contributed by atoms with van der Waals surface area (Å²) in [7, 11) is 0. The van der Waals surface area contributed by atoms with Gasteiger partial charge >= 0.3 is 0 Å². The van der Waals surface area contributed by atoms with Crippen LogP contribution < -0.4 is 0 Å². The summed E-state index contributed by atoms with van der Waals surface area (Å²) in [6, 6.07) is 15.0. The molecule has 106 valence electrons. The van der Waals surface area contributed by atoms with Gasteiger partial charge in [-0.25, -0.2) is 4.98 Å². The molecule has 1 aromatic heterocycles. The van der Waals surface area contributed by atoms with Crippen LogP contribution in [0.1, 0.15) is 33.9 Å². The summed E-state index contributed by atoms with van der Waals surface area (Å²) in [5, 5.41) is 0. The molecule has 0 aliphatic carbocycles. The van der Waals surface area contributed by atoms with Crippen LogP contribution in [0.5, 0.6) is 0 Å². The lowest BCUT2D eigenvalue weighted by molar-refractivity contribution is 0.917. The highest BCUT2D eigenvalue weighted by Gasteiger charge is 2.20. The second-order valence-corrected chi connectivity index (χ2v) is 6.20. The molecule has 0 saturated carbocycles. The van der Waals surface area contributed by atoms with Gasteiger partial charge in [-0.05, 0) is 48.2 Å². The Labute approximate surface area is 133 Å². The third-order valence-corrected chi connectivity index (χ3v) is 4.46. The number of nitrogens with one attached hydrogen (secondary N) is 1. The zero-order valence-electron chi connectivity index (χ0n) is 12.1. The summed E-state index contributed by atoms with van der Waals surface area (Å²) in [6.45, 7) is 4.34. The Kier molecular flexibility index (Phi) is 3.93. The van der Waals surface area contributed by atoms with Gasteiger partial charge in [0.2, 0.25) is 0 Å². The van der Waals surface area contributed by atoms with E-state index in [9.17, 15) is 0 Å². The molecule has 0 saturated heterocycles. The molecule has 1 unspecified atom stereocenters. The molecule has 1 heterocycles. The van der Waals surface area contributed by atoms with Crippen LogP contribution in [-0.2, 0) is 0 Å². The molecule has 1 atom stereocenters. The zero-order chi connectivity index (χ0) is 14.8. The van der Waals surface area contributed by atoms with Gasteiger partial charge in [-0.2, -0.15) is 0 Å². The van der Waals surface area contributed by atoms with Gasteiger partial charge in [-0.3, -0.25) is 0 Å². The van der Waals surface area contributed by atoms with Crippen molar-refractivity contribution >= 4 is 15.9 Å². The van der Waals surface area contributed by atoms with Crippen LogP contribution in [0.2, 0.25) is 0 Å². The highest BCUT2D eigenvalue weighted by Crippen LogP contribution is 2.34. The number of hydrogen-bond donors (Lipinski definition) is 1. The van der Waals surface area contributed by atoms with Crippen LogP contribution in [0.4, 0.5) is 0 Å². The number of rotatable bonds is 3. The molecule has 0 aliphatic rings. The van der Waals surface area contributed by atoms with Gasteiger partial charge in [0.05, 0.1) is 12.2 Å². The highest BCUT2D eigenvalue weighted by molar-refractivity contribution is 9.10. The minimum absolute atomic E-state index is 0.171. The number of aromatic amines is 1. The van der Waals surface area contributed by atoms with Gasteiger partial charge in [0.1, 0.15) is 0 Å². The van der Waals surface area contributed by atoms with Crippen LogP contribution in [0.25, 0.3) is 0 Å². The molecule has 2 aromatic carbocycles. The normalized spacial score (nSPS) is 12.3. The Morgan fingerprint density at radius 2 is 1.90 bits per heavy atom. The van der Waals surface area contributed by atoms with E-state index in [-0.39, 0.29) is 5.92 Å². The number of hydrogen-bond acceptors (Lipinski definition) is 1. The van der Waals surface area contributed by atoms with Crippen molar-refractivity contribution in [3.8, 4) is 0 Å². The molecule has 21 heavy (non-hydrogen) atoms. The van der Waals surface area contributed by atoms with Crippen molar-refractivity contribution in [3.05, 3.63) is 87.4 Å². The van der Waals surface area contributed by atoms with Crippen molar-refractivity contribution < 1.29 is 0 Å². The number of aryl methyl sites for hydroxylation is 1. The molecule has 0 spiro atoms. The van der Waals surface area contributed by atoms with Crippen molar-refractivity contribution in [1.82, 2.24) is 9.97 Å². The number of halogens is 1. The van der Waals surface area contributed by atoms with Gasteiger partial charge in [-0.15, -0.1) is 0 Å². The molecule has 0 bridgehead atoms. The maximum Gasteiger partial charge on any atom is 0.0922 e. The standard InChI is InChI=1S/C18H17BrN2/c1-12-5-3-8-16(13(12)2)18(17-10-20-11-21-17)14-6-4-7-15(19)9-14/h3-11,18H,1-2H3,(H,20,21). The predicted molar refractivity (Wildman–Crippen MR) is 89.6 cm³/mol. The van der Waals surface area contributed by atoms with Gasteiger partial charge in [-0.1, -0.05) is 46.3 Å². The average molecular weight is 341 g/mol. The maximum atomic E-state index is 4.20. The van der Waals surface area contributed by atoms with E-state index in [0.717, 1.165) is 10.2 Å². The molecular formula is C18H17BrN2. The van der Waals surface area contributed by atoms with Crippen molar-refractivity contribution in [2.45, 2.75) is 19.8 Å². The lowest BCUT2D eigenvalue weighted by atomic mass is 9.85. The fraction of sp³-hybridized carbons (Fsp3) is 0.167. The molecule has 0 amide bonds. The molecular weight excluding hydrogens is 324 g/mol. The van der Waals surface area contributed by atoms with Crippen LogP contribution in [0.15, 0.2) is 59.5 Å². The van der Waals surface area contributed by atoms with Gasteiger partial charge in [0, 0.05) is 16.4 Å². The van der Waals surface area contributed by atoms with E-state index in [0.29, 0.717) is 0 Å². The minimum atomic E-state index is 0.171. The van der Waals surface area contributed by atoms with E-state index in [1.54, 1.807) is 6.33 Å². The quantitative estimate of drug-likeness (QED) is 0.716. The monoisotopic (exact) mass is 340 g/mol.